The van der Waals surface area contributed by atoms with Gasteiger partial charge in [0, 0.05) is 12.7 Å². The molecule has 0 amide bonds. The van der Waals surface area contributed by atoms with Gasteiger partial charge in [-0.15, -0.1) is 0 Å². The Labute approximate surface area is 94.4 Å². The van der Waals surface area contributed by atoms with E-state index in [0.29, 0.717) is 17.0 Å². The largest absolute Gasteiger partial charge is 0.373 e. The Hall–Kier alpha value is -1.22. The van der Waals surface area contributed by atoms with Gasteiger partial charge in [-0.3, -0.25) is 4.79 Å². The van der Waals surface area contributed by atoms with Gasteiger partial charge in [0.2, 0.25) is 0 Å². The van der Waals surface area contributed by atoms with E-state index in [4.69, 9.17) is 4.74 Å². The molecular formula is C13H15FO2. The Morgan fingerprint density at radius 2 is 2.19 bits per heavy atom. The van der Waals surface area contributed by atoms with Crippen LogP contribution in [-0.2, 0) is 4.74 Å². The summed E-state index contributed by atoms with van der Waals surface area (Å²) in [5.41, 5.74) is 1.24. The smallest absolute Gasteiger partial charge is 0.192 e. The summed E-state index contributed by atoms with van der Waals surface area (Å²) in [6.07, 6.45) is 1.73. The van der Waals surface area contributed by atoms with Gasteiger partial charge in [0.1, 0.15) is 11.9 Å². The molecule has 1 aromatic rings. The first-order chi connectivity index (χ1) is 7.63. The summed E-state index contributed by atoms with van der Waals surface area (Å²) >= 11 is 0. The molecule has 0 saturated heterocycles. The van der Waals surface area contributed by atoms with Crippen LogP contribution in [0.5, 0.6) is 0 Å². The lowest BCUT2D eigenvalue weighted by atomic mass is 9.98. The lowest BCUT2D eigenvalue weighted by molar-refractivity contribution is 0.0539. The highest BCUT2D eigenvalue weighted by atomic mass is 19.1. The van der Waals surface area contributed by atoms with Crippen LogP contribution in [0.1, 0.15) is 28.8 Å². The van der Waals surface area contributed by atoms with Crippen LogP contribution >= 0.6 is 0 Å². The first kappa shape index (κ1) is 11.3. The standard InChI is InChI=1S/C13H15FO2/c1-8-7-10(14)5-6-11(8)12(15)13(16-2)9-3-4-9/h5-7,9,13H,3-4H2,1-2H3. The summed E-state index contributed by atoms with van der Waals surface area (Å²) in [4.78, 5) is 12.1. The van der Waals surface area contributed by atoms with Crippen molar-refractivity contribution in [2.45, 2.75) is 25.9 Å². The van der Waals surface area contributed by atoms with E-state index in [1.165, 1.54) is 12.1 Å². The van der Waals surface area contributed by atoms with Crippen molar-refractivity contribution >= 4 is 5.78 Å². The number of carbonyl (C=O) groups excluding carboxylic acids is 1. The van der Waals surface area contributed by atoms with E-state index in [-0.39, 0.29) is 17.7 Å². The van der Waals surface area contributed by atoms with E-state index >= 15 is 0 Å². The zero-order chi connectivity index (χ0) is 11.7. The van der Waals surface area contributed by atoms with Crippen molar-refractivity contribution in [2.24, 2.45) is 5.92 Å². The molecular weight excluding hydrogens is 207 g/mol. The van der Waals surface area contributed by atoms with Crippen molar-refractivity contribution in [1.29, 1.82) is 0 Å². The fourth-order valence-corrected chi connectivity index (χ4v) is 1.97. The summed E-state index contributed by atoms with van der Waals surface area (Å²) in [6, 6.07) is 4.24. The molecule has 2 rings (SSSR count). The first-order valence-corrected chi connectivity index (χ1v) is 5.46. The average molecular weight is 222 g/mol. The Kier molecular flexibility index (Phi) is 3.06. The molecule has 2 nitrogen and oxygen atoms in total. The monoisotopic (exact) mass is 222 g/mol. The van der Waals surface area contributed by atoms with Crippen molar-refractivity contribution < 1.29 is 13.9 Å². The number of rotatable bonds is 4. The van der Waals surface area contributed by atoms with Crippen LogP contribution in [0, 0.1) is 18.7 Å². The average Bonchev–Trinajstić information content (AvgIpc) is 3.02. The second-order valence-electron chi connectivity index (χ2n) is 4.32. The van der Waals surface area contributed by atoms with E-state index in [2.05, 4.69) is 0 Å². The predicted octanol–water partition coefficient (Wildman–Crippen LogP) is 2.74. The zero-order valence-corrected chi connectivity index (χ0v) is 9.50. The third-order valence-corrected chi connectivity index (χ3v) is 3.02. The van der Waals surface area contributed by atoms with Crippen LogP contribution < -0.4 is 0 Å². The molecule has 1 saturated carbocycles. The fourth-order valence-electron chi connectivity index (χ4n) is 1.97. The maximum absolute atomic E-state index is 12.9. The number of hydrogen-bond acceptors (Lipinski definition) is 2. The maximum Gasteiger partial charge on any atom is 0.192 e. The Balaban J connectivity index is 2.25. The highest BCUT2D eigenvalue weighted by Gasteiger charge is 2.37. The Morgan fingerprint density at radius 3 is 2.69 bits per heavy atom. The van der Waals surface area contributed by atoms with E-state index < -0.39 is 0 Å². The van der Waals surface area contributed by atoms with E-state index in [0.717, 1.165) is 12.8 Å². The quantitative estimate of drug-likeness (QED) is 0.732. The van der Waals surface area contributed by atoms with Crippen LogP contribution in [0.15, 0.2) is 18.2 Å². The number of ketones is 1. The molecule has 16 heavy (non-hydrogen) atoms. The minimum atomic E-state index is -0.357. The molecule has 0 heterocycles. The lowest BCUT2D eigenvalue weighted by Crippen LogP contribution is -2.26. The van der Waals surface area contributed by atoms with Crippen LogP contribution in [0.3, 0.4) is 0 Å². The van der Waals surface area contributed by atoms with Crippen molar-refractivity contribution in [3.63, 3.8) is 0 Å². The van der Waals surface area contributed by atoms with E-state index in [1.807, 2.05) is 0 Å². The number of hydrogen-bond donors (Lipinski definition) is 0. The number of benzene rings is 1. The van der Waals surface area contributed by atoms with Crippen molar-refractivity contribution in [3.8, 4) is 0 Å². The number of halogens is 1. The number of Topliss-reactive ketones (excluding diaryl/α,β-unsaturated/α-hetero) is 1. The van der Waals surface area contributed by atoms with Gasteiger partial charge in [-0.1, -0.05) is 0 Å². The fraction of sp³-hybridized carbons (Fsp3) is 0.462. The molecule has 1 aromatic carbocycles. The first-order valence-electron chi connectivity index (χ1n) is 5.46. The molecule has 1 fully saturated rings. The molecule has 1 aliphatic carbocycles. The summed E-state index contributed by atoms with van der Waals surface area (Å²) in [5, 5.41) is 0. The van der Waals surface area contributed by atoms with Gasteiger partial charge in [-0.25, -0.2) is 4.39 Å². The molecule has 1 atom stereocenters. The van der Waals surface area contributed by atoms with E-state index in [9.17, 15) is 9.18 Å². The topological polar surface area (TPSA) is 26.3 Å². The Bertz CT molecular complexity index is 410. The minimum Gasteiger partial charge on any atom is -0.373 e. The normalized spacial score (nSPS) is 17.2. The van der Waals surface area contributed by atoms with Crippen molar-refractivity contribution in [3.05, 3.63) is 35.1 Å². The van der Waals surface area contributed by atoms with Crippen LogP contribution in [0.25, 0.3) is 0 Å². The highest BCUT2D eigenvalue weighted by Crippen LogP contribution is 2.35. The second kappa shape index (κ2) is 4.34. The number of aryl methyl sites for hydroxylation is 1. The molecule has 0 aromatic heterocycles. The lowest BCUT2D eigenvalue weighted by Gasteiger charge is -2.14. The molecule has 0 aliphatic heterocycles. The number of ether oxygens (including phenoxy) is 1. The number of carbonyl (C=O) groups is 1. The highest BCUT2D eigenvalue weighted by molar-refractivity contribution is 6.01. The van der Waals surface area contributed by atoms with Gasteiger partial charge < -0.3 is 4.74 Å². The molecule has 1 aliphatic rings. The van der Waals surface area contributed by atoms with Crippen molar-refractivity contribution in [1.82, 2.24) is 0 Å². The maximum atomic E-state index is 12.9. The van der Waals surface area contributed by atoms with Gasteiger partial charge in [0.05, 0.1) is 0 Å². The third kappa shape index (κ3) is 2.14. The SMILES string of the molecule is COC(C(=O)c1ccc(F)cc1C)C1CC1. The molecule has 86 valence electrons. The molecule has 1 unspecified atom stereocenters. The van der Waals surface area contributed by atoms with E-state index in [1.54, 1.807) is 20.1 Å². The molecule has 3 heteroatoms. The van der Waals surface area contributed by atoms with Crippen LogP contribution in [-0.4, -0.2) is 19.0 Å². The third-order valence-electron chi connectivity index (χ3n) is 3.02. The molecule has 0 spiro atoms. The van der Waals surface area contributed by atoms with Gasteiger partial charge in [0.15, 0.2) is 5.78 Å². The molecule has 0 bridgehead atoms. The number of methoxy groups -OCH3 is 1. The summed E-state index contributed by atoms with van der Waals surface area (Å²) in [5.74, 6) is 0.0129. The van der Waals surface area contributed by atoms with Crippen molar-refractivity contribution in [2.75, 3.05) is 7.11 Å². The van der Waals surface area contributed by atoms with Gasteiger partial charge in [0.25, 0.3) is 0 Å². The second-order valence-corrected chi connectivity index (χ2v) is 4.32. The summed E-state index contributed by atoms with van der Waals surface area (Å²) in [6.45, 7) is 1.75. The van der Waals surface area contributed by atoms with Gasteiger partial charge in [-0.05, 0) is 49.4 Å². The zero-order valence-electron chi connectivity index (χ0n) is 9.50. The van der Waals surface area contributed by atoms with Gasteiger partial charge in [-0.2, -0.15) is 0 Å². The summed E-state index contributed by atoms with van der Waals surface area (Å²) in [7, 11) is 1.56. The molecule has 0 radical (unpaired) electrons. The Morgan fingerprint density at radius 1 is 1.50 bits per heavy atom. The minimum absolute atomic E-state index is 0.0255. The molecule has 0 N–H and O–H groups in total. The van der Waals surface area contributed by atoms with Gasteiger partial charge >= 0.3 is 0 Å². The van der Waals surface area contributed by atoms with Crippen LogP contribution in [0.2, 0.25) is 0 Å². The predicted molar refractivity (Wildman–Crippen MR) is 59.0 cm³/mol. The van der Waals surface area contributed by atoms with Crippen LogP contribution in [0.4, 0.5) is 4.39 Å². The summed E-state index contributed by atoms with van der Waals surface area (Å²) < 4.78 is 18.2.